The first-order valence-corrected chi connectivity index (χ1v) is 15.2. The average molecular weight is 414 g/mol. The van der Waals surface area contributed by atoms with Gasteiger partial charge in [0, 0.05) is 0 Å². The van der Waals surface area contributed by atoms with E-state index < -0.39 is 16.6 Å². The fourth-order valence-electron chi connectivity index (χ4n) is 2.14. The van der Waals surface area contributed by atoms with E-state index in [1.54, 1.807) is 0 Å². The maximum atomic E-state index is 6.47. The Kier molecular flexibility index (Phi) is 8.06. The van der Waals surface area contributed by atoms with Gasteiger partial charge in [-0.1, -0.05) is 35.9 Å². The summed E-state index contributed by atoms with van der Waals surface area (Å²) in [5.74, 6) is 0. The largest absolute Gasteiger partial charge is 0.412 e. The van der Waals surface area contributed by atoms with E-state index in [0.717, 1.165) is 12.8 Å². The summed E-state index contributed by atoms with van der Waals surface area (Å²) >= 11 is 2.27. The van der Waals surface area contributed by atoms with Crippen molar-refractivity contribution in [2.24, 2.45) is 0 Å². The topological polar surface area (TPSA) is 18.5 Å². The number of hydrogen-bond acceptors (Lipinski definition) is 2. The molecule has 19 heavy (non-hydrogen) atoms. The molecule has 0 aliphatic carbocycles. The van der Waals surface area contributed by atoms with Crippen molar-refractivity contribution in [2.45, 2.75) is 77.7 Å². The first-order valence-electron chi connectivity index (χ1n) is 7.09. The molecule has 0 aliphatic rings. The molecule has 2 unspecified atom stereocenters. The highest BCUT2D eigenvalue weighted by Gasteiger charge is 2.39. The lowest BCUT2D eigenvalue weighted by Gasteiger charge is -2.42. The predicted octanol–water partition coefficient (Wildman–Crippen LogP) is 5.57. The summed E-state index contributed by atoms with van der Waals surface area (Å²) in [6, 6.07) is 0. The van der Waals surface area contributed by atoms with Crippen LogP contribution in [0.3, 0.4) is 0 Å². The SMILES string of the molecule is CCCC(O[Si](C)(C)C)C(C)(/C=C/I)O[Si](C)(C)C. The predicted molar refractivity (Wildman–Crippen MR) is 99.1 cm³/mol. The Morgan fingerprint density at radius 3 is 1.95 bits per heavy atom. The smallest absolute Gasteiger partial charge is 0.185 e. The third-order valence-corrected chi connectivity index (χ3v) is 5.01. The van der Waals surface area contributed by atoms with Crippen LogP contribution in [0.5, 0.6) is 0 Å². The molecule has 0 fully saturated rings. The molecule has 0 aromatic rings. The van der Waals surface area contributed by atoms with Gasteiger partial charge in [-0.3, -0.25) is 0 Å². The fourth-order valence-corrected chi connectivity index (χ4v) is 5.58. The third-order valence-electron chi connectivity index (χ3n) is 2.61. The van der Waals surface area contributed by atoms with Crippen LogP contribution in [0.1, 0.15) is 26.7 Å². The lowest BCUT2D eigenvalue weighted by atomic mass is 9.96. The summed E-state index contributed by atoms with van der Waals surface area (Å²) < 4.78 is 15.0. The van der Waals surface area contributed by atoms with Crippen LogP contribution in [0.4, 0.5) is 0 Å². The lowest BCUT2D eigenvalue weighted by molar-refractivity contribution is -0.00612. The van der Waals surface area contributed by atoms with Gasteiger partial charge in [-0.25, -0.2) is 0 Å². The molecule has 0 N–H and O–H groups in total. The second kappa shape index (κ2) is 7.72. The van der Waals surface area contributed by atoms with Crippen LogP contribution in [-0.4, -0.2) is 28.3 Å². The monoisotopic (exact) mass is 414 g/mol. The van der Waals surface area contributed by atoms with E-state index in [-0.39, 0.29) is 11.7 Å². The van der Waals surface area contributed by atoms with Crippen LogP contribution in [0, 0.1) is 0 Å². The van der Waals surface area contributed by atoms with Crippen LogP contribution < -0.4 is 0 Å². The zero-order valence-corrected chi connectivity index (χ0v) is 18.0. The van der Waals surface area contributed by atoms with Crippen molar-refractivity contribution in [3.05, 3.63) is 10.2 Å². The molecule has 5 heteroatoms. The van der Waals surface area contributed by atoms with Gasteiger partial charge in [0.1, 0.15) is 0 Å². The van der Waals surface area contributed by atoms with E-state index in [4.69, 9.17) is 8.85 Å². The van der Waals surface area contributed by atoms with Crippen molar-refractivity contribution in [1.82, 2.24) is 0 Å². The van der Waals surface area contributed by atoms with Gasteiger partial charge in [0.25, 0.3) is 0 Å². The maximum absolute atomic E-state index is 6.47. The zero-order chi connectivity index (χ0) is 15.3. The lowest BCUT2D eigenvalue weighted by Crippen LogP contribution is -2.51. The quantitative estimate of drug-likeness (QED) is 0.382. The van der Waals surface area contributed by atoms with Gasteiger partial charge >= 0.3 is 0 Å². The van der Waals surface area contributed by atoms with Crippen LogP contribution in [0.15, 0.2) is 10.2 Å². The fraction of sp³-hybridized carbons (Fsp3) is 0.857. The van der Waals surface area contributed by atoms with Crippen molar-refractivity contribution >= 4 is 39.2 Å². The van der Waals surface area contributed by atoms with Gasteiger partial charge < -0.3 is 8.85 Å². The minimum absolute atomic E-state index is 0.155. The summed E-state index contributed by atoms with van der Waals surface area (Å²) in [7, 11) is -3.19. The standard InChI is InChI=1S/C14H31IO2Si2/c1-9-10-13(16-18(3,4)5)14(2,11-12-15)17-19(6,7)8/h11-13H,9-10H2,1-8H3/b12-11+. The van der Waals surface area contributed by atoms with Crippen molar-refractivity contribution in [3.63, 3.8) is 0 Å². The van der Waals surface area contributed by atoms with Crippen molar-refractivity contribution in [3.8, 4) is 0 Å². The Bertz CT molecular complexity index is 295. The molecule has 0 aromatic heterocycles. The normalized spacial score (nSPS) is 18.6. The molecule has 0 spiro atoms. The highest BCUT2D eigenvalue weighted by Crippen LogP contribution is 2.30. The van der Waals surface area contributed by atoms with E-state index in [9.17, 15) is 0 Å². The van der Waals surface area contributed by atoms with Crippen molar-refractivity contribution < 1.29 is 8.85 Å². The Hall–Kier alpha value is 0.824. The van der Waals surface area contributed by atoms with Gasteiger partial charge in [0.05, 0.1) is 11.7 Å². The number of hydrogen-bond donors (Lipinski definition) is 0. The second-order valence-corrected chi connectivity index (χ2v) is 16.8. The minimum Gasteiger partial charge on any atom is -0.412 e. The minimum atomic E-state index is -1.62. The Morgan fingerprint density at radius 2 is 1.63 bits per heavy atom. The van der Waals surface area contributed by atoms with Crippen LogP contribution >= 0.6 is 22.6 Å². The first-order chi connectivity index (χ1) is 8.43. The van der Waals surface area contributed by atoms with E-state index >= 15 is 0 Å². The van der Waals surface area contributed by atoms with Crippen molar-refractivity contribution in [2.75, 3.05) is 0 Å². The van der Waals surface area contributed by atoms with Gasteiger partial charge in [0.15, 0.2) is 16.6 Å². The van der Waals surface area contributed by atoms with Crippen molar-refractivity contribution in [1.29, 1.82) is 0 Å². The second-order valence-electron chi connectivity index (χ2n) is 7.20. The van der Waals surface area contributed by atoms with Gasteiger partial charge in [0.2, 0.25) is 0 Å². The molecule has 2 nitrogen and oxygen atoms in total. The molecule has 0 radical (unpaired) electrons. The van der Waals surface area contributed by atoms with Gasteiger partial charge in [-0.2, -0.15) is 0 Å². The molecule has 0 heterocycles. The molecule has 114 valence electrons. The van der Waals surface area contributed by atoms with Crippen LogP contribution in [0.25, 0.3) is 0 Å². The average Bonchev–Trinajstić information content (AvgIpc) is 2.12. The molecular formula is C14H31IO2Si2. The number of rotatable bonds is 8. The van der Waals surface area contributed by atoms with Gasteiger partial charge in [-0.05, 0) is 62.8 Å². The summed E-state index contributed by atoms with van der Waals surface area (Å²) in [5, 5.41) is 0. The Labute approximate surface area is 135 Å². The van der Waals surface area contributed by atoms with Crippen LogP contribution in [0.2, 0.25) is 39.3 Å². The highest BCUT2D eigenvalue weighted by molar-refractivity contribution is 14.1. The summed E-state index contributed by atoms with van der Waals surface area (Å²) in [5.41, 5.74) is -0.304. The van der Waals surface area contributed by atoms with E-state index in [1.165, 1.54) is 0 Å². The van der Waals surface area contributed by atoms with Gasteiger partial charge in [-0.15, -0.1) is 0 Å². The molecule has 0 rings (SSSR count). The molecule has 2 atom stereocenters. The van der Waals surface area contributed by atoms with E-state index in [0.29, 0.717) is 0 Å². The molecule has 0 saturated carbocycles. The molecule has 0 saturated heterocycles. The van der Waals surface area contributed by atoms with Crippen LogP contribution in [-0.2, 0) is 8.85 Å². The number of halogens is 1. The highest BCUT2D eigenvalue weighted by atomic mass is 127. The first kappa shape index (κ1) is 19.8. The molecule has 0 amide bonds. The molecular weight excluding hydrogens is 383 g/mol. The Morgan fingerprint density at radius 1 is 1.11 bits per heavy atom. The zero-order valence-electron chi connectivity index (χ0n) is 13.8. The summed E-state index contributed by atoms with van der Waals surface area (Å²) in [6.45, 7) is 17.9. The van der Waals surface area contributed by atoms with E-state index in [2.05, 4.69) is 85.9 Å². The maximum Gasteiger partial charge on any atom is 0.185 e. The molecule has 0 aliphatic heterocycles. The Balaban J connectivity index is 5.26. The van der Waals surface area contributed by atoms with E-state index in [1.807, 2.05) is 0 Å². The molecule has 0 aromatic carbocycles. The summed E-state index contributed by atoms with van der Waals surface area (Å²) in [6.07, 6.45) is 4.50. The summed E-state index contributed by atoms with van der Waals surface area (Å²) in [4.78, 5) is 0. The third kappa shape index (κ3) is 8.65. The molecule has 0 bridgehead atoms.